The van der Waals surface area contributed by atoms with Gasteiger partial charge >= 0.3 is 0 Å². The van der Waals surface area contributed by atoms with E-state index in [9.17, 15) is 4.79 Å². The van der Waals surface area contributed by atoms with Gasteiger partial charge in [-0.2, -0.15) is 0 Å². The van der Waals surface area contributed by atoms with Gasteiger partial charge in [-0.3, -0.25) is 9.78 Å². The topological polar surface area (TPSA) is 54.9 Å². The number of aromatic nitrogens is 2. The summed E-state index contributed by atoms with van der Waals surface area (Å²) in [7, 11) is 0. The molecule has 0 aliphatic rings. The van der Waals surface area contributed by atoms with E-state index in [2.05, 4.69) is 15.3 Å². The standard InChI is InChI=1S/C18H16ClN3OS/c1-12(13-5-7-14(19)8-6-13)21-17(23)10-15-11-24-18(22-15)16-4-2-3-9-20-16/h2-9,11-12H,10H2,1H3,(H,21,23)/t12-/m0/s1. The number of rotatable bonds is 5. The molecular weight excluding hydrogens is 342 g/mol. The number of thiazole rings is 1. The zero-order chi connectivity index (χ0) is 16.9. The van der Waals surface area contributed by atoms with Gasteiger partial charge in [0.15, 0.2) is 0 Å². The second kappa shape index (κ2) is 7.55. The van der Waals surface area contributed by atoms with E-state index in [1.165, 1.54) is 11.3 Å². The average molecular weight is 358 g/mol. The molecule has 1 amide bonds. The number of halogens is 1. The first kappa shape index (κ1) is 16.6. The first-order chi connectivity index (χ1) is 11.6. The largest absolute Gasteiger partial charge is 0.349 e. The minimum atomic E-state index is -0.0799. The van der Waals surface area contributed by atoms with Crippen LogP contribution in [0, 0.1) is 0 Å². The molecule has 0 radical (unpaired) electrons. The van der Waals surface area contributed by atoms with Crippen molar-refractivity contribution in [2.45, 2.75) is 19.4 Å². The summed E-state index contributed by atoms with van der Waals surface area (Å²) in [6.45, 7) is 1.95. The van der Waals surface area contributed by atoms with Crippen LogP contribution in [-0.4, -0.2) is 15.9 Å². The van der Waals surface area contributed by atoms with Crippen molar-refractivity contribution in [1.82, 2.24) is 15.3 Å². The van der Waals surface area contributed by atoms with Crippen molar-refractivity contribution in [2.24, 2.45) is 0 Å². The fourth-order valence-corrected chi connectivity index (χ4v) is 3.21. The van der Waals surface area contributed by atoms with Crippen LogP contribution in [0.15, 0.2) is 54.0 Å². The van der Waals surface area contributed by atoms with E-state index in [1.54, 1.807) is 6.20 Å². The van der Waals surface area contributed by atoms with Crippen molar-refractivity contribution in [3.8, 4) is 10.7 Å². The number of hydrogen-bond acceptors (Lipinski definition) is 4. The van der Waals surface area contributed by atoms with Gasteiger partial charge in [0.1, 0.15) is 5.01 Å². The Bertz CT molecular complexity index is 818. The summed E-state index contributed by atoms with van der Waals surface area (Å²) in [4.78, 5) is 21.0. The molecule has 1 atom stereocenters. The molecule has 2 aromatic heterocycles. The fourth-order valence-electron chi connectivity index (χ4n) is 2.29. The van der Waals surface area contributed by atoms with E-state index in [1.807, 2.05) is 54.8 Å². The third kappa shape index (κ3) is 4.19. The number of benzene rings is 1. The van der Waals surface area contributed by atoms with Crippen molar-refractivity contribution in [1.29, 1.82) is 0 Å². The minimum Gasteiger partial charge on any atom is -0.349 e. The van der Waals surface area contributed by atoms with E-state index >= 15 is 0 Å². The number of carbonyl (C=O) groups excluding carboxylic acids is 1. The van der Waals surface area contributed by atoms with Crippen molar-refractivity contribution >= 4 is 28.8 Å². The van der Waals surface area contributed by atoms with Crippen LogP contribution in [-0.2, 0) is 11.2 Å². The van der Waals surface area contributed by atoms with Crippen LogP contribution < -0.4 is 5.32 Å². The van der Waals surface area contributed by atoms with Gasteiger partial charge in [0.05, 0.1) is 23.9 Å². The second-order valence-corrected chi connectivity index (χ2v) is 6.67. The highest BCUT2D eigenvalue weighted by atomic mass is 35.5. The van der Waals surface area contributed by atoms with Crippen molar-refractivity contribution in [3.05, 3.63) is 70.3 Å². The highest BCUT2D eigenvalue weighted by Crippen LogP contribution is 2.22. The Hall–Kier alpha value is -2.24. The molecule has 0 fully saturated rings. The zero-order valence-corrected chi connectivity index (χ0v) is 14.6. The summed E-state index contributed by atoms with van der Waals surface area (Å²) >= 11 is 7.38. The van der Waals surface area contributed by atoms with E-state index in [-0.39, 0.29) is 18.4 Å². The number of nitrogens with one attached hydrogen (secondary N) is 1. The van der Waals surface area contributed by atoms with Crippen molar-refractivity contribution in [2.75, 3.05) is 0 Å². The fraction of sp³-hybridized carbons (Fsp3) is 0.167. The maximum absolute atomic E-state index is 12.2. The molecule has 0 unspecified atom stereocenters. The Morgan fingerprint density at radius 2 is 2.04 bits per heavy atom. The second-order valence-electron chi connectivity index (χ2n) is 5.38. The normalized spacial score (nSPS) is 11.9. The highest BCUT2D eigenvalue weighted by molar-refractivity contribution is 7.13. The maximum atomic E-state index is 12.2. The van der Waals surface area contributed by atoms with Gasteiger partial charge in [0.2, 0.25) is 5.91 Å². The molecule has 6 heteroatoms. The first-order valence-electron chi connectivity index (χ1n) is 7.52. The Morgan fingerprint density at radius 1 is 1.25 bits per heavy atom. The molecule has 0 saturated carbocycles. The van der Waals surface area contributed by atoms with E-state index in [0.29, 0.717) is 5.02 Å². The molecule has 24 heavy (non-hydrogen) atoms. The van der Waals surface area contributed by atoms with E-state index in [4.69, 9.17) is 11.6 Å². The van der Waals surface area contributed by atoms with Gasteiger partial charge < -0.3 is 5.32 Å². The number of hydrogen-bond donors (Lipinski definition) is 1. The molecule has 2 heterocycles. The Morgan fingerprint density at radius 3 is 2.75 bits per heavy atom. The molecule has 0 bridgehead atoms. The zero-order valence-electron chi connectivity index (χ0n) is 13.1. The first-order valence-corrected chi connectivity index (χ1v) is 8.78. The monoisotopic (exact) mass is 357 g/mol. The number of nitrogens with zero attached hydrogens (tertiary/aromatic N) is 2. The summed E-state index contributed by atoms with van der Waals surface area (Å²) in [6.07, 6.45) is 1.98. The van der Waals surface area contributed by atoms with Gasteiger partial charge in [-0.15, -0.1) is 11.3 Å². The van der Waals surface area contributed by atoms with Gasteiger partial charge in [-0.25, -0.2) is 4.98 Å². The summed E-state index contributed by atoms with van der Waals surface area (Å²) in [6, 6.07) is 13.1. The van der Waals surface area contributed by atoms with Gasteiger partial charge in [-0.1, -0.05) is 29.8 Å². The lowest BCUT2D eigenvalue weighted by atomic mass is 10.1. The molecule has 122 valence electrons. The Balaban J connectivity index is 1.61. The predicted molar refractivity (Wildman–Crippen MR) is 97.1 cm³/mol. The third-order valence-electron chi connectivity index (χ3n) is 3.52. The summed E-state index contributed by atoms with van der Waals surface area (Å²) in [5, 5.41) is 6.38. The van der Waals surface area contributed by atoms with Crippen molar-refractivity contribution in [3.63, 3.8) is 0 Å². The van der Waals surface area contributed by atoms with Crippen molar-refractivity contribution < 1.29 is 4.79 Å². The van der Waals surface area contributed by atoms with Gasteiger partial charge in [-0.05, 0) is 36.8 Å². The van der Waals surface area contributed by atoms with E-state index in [0.717, 1.165) is 22.0 Å². The SMILES string of the molecule is C[C@H](NC(=O)Cc1csc(-c2ccccn2)n1)c1ccc(Cl)cc1. The molecule has 0 saturated heterocycles. The molecule has 0 aliphatic carbocycles. The van der Waals surface area contributed by atoms with Crippen LogP contribution >= 0.6 is 22.9 Å². The molecule has 3 rings (SSSR count). The molecular formula is C18H16ClN3OS. The molecule has 0 spiro atoms. The highest BCUT2D eigenvalue weighted by Gasteiger charge is 2.13. The quantitative estimate of drug-likeness (QED) is 0.741. The molecule has 1 N–H and O–H groups in total. The van der Waals surface area contributed by atoms with E-state index < -0.39 is 0 Å². The van der Waals surface area contributed by atoms with Gasteiger partial charge in [0.25, 0.3) is 0 Å². The van der Waals surface area contributed by atoms with Crippen LogP contribution in [0.5, 0.6) is 0 Å². The smallest absolute Gasteiger partial charge is 0.226 e. The Labute approximate surface area is 149 Å². The van der Waals surface area contributed by atoms with Crippen LogP contribution in [0.1, 0.15) is 24.2 Å². The summed E-state index contributed by atoms with van der Waals surface area (Å²) in [5.41, 5.74) is 2.59. The maximum Gasteiger partial charge on any atom is 0.226 e. The molecule has 4 nitrogen and oxygen atoms in total. The lowest BCUT2D eigenvalue weighted by molar-refractivity contribution is -0.121. The molecule has 0 aliphatic heterocycles. The van der Waals surface area contributed by atoms with Crippen LogP contribution in [0.3, 0.4) is 0 Å². The lowest BCUT2D eigenvalue weighted by Gasteiger charge is -2.14. The number of amides is 1. The Kier molecular flexibility index (Phi) is 5.23. The summed E-state index contributed by atoms with van der Waals surface area (Å²) < 4.78 is 0. The predicted octanol–water partition coefficient (Wildman–Crippen LogP) is 4.28. The lowest BCUT2D eigenvalue weighted by Crippen LogP contribution is -2.28. The summed E-state index contributed by atoms with van der Waals surface area (Å²) in [5.74, 6) is -0.0599. The number of carbonyl (C=O) groups is 1. The minimum absolute atomic E-state index is 0.0599. The van der Waals surface area contributed by atoms with Crippen LogP contribution in [0.2, 0.25) is 5.02 Å². The molecule has 1 aromatic carbocycles. The average Bonchev–Trinajstić information content (AvgIpc) is 3.04. The molecule has 3 aromatic rings. The van der Waals surface area contributed by atoms with Gasteiger partial charge in [0, 0.05) is 16.6 Å². The number of pyridine rings is 1. The van der Waals surface area contributed by atoms with Crippen LogP contribution in [0.4, 0.5) is 0 Å². The third-order valence-corrected chi connectivity index (χ3v) is 4.69. The van der Waals surface area contributed by atoms with Crippen LogP contribution in [0.25, 0.3) is 10.7 Å².